The van der Waals surface area contributed by atoms with Crippen molar-refractivity contribution in [2.24, 2.45) is 0 Å². The molecule has 1 amide bonds. The van der Waals surface area contributed by atoms with Crippen molar-refractivity contribution in [2.75, 3.05) is 62.8 Å². The lowest BCUT2D eigenvalue weighted by atomic mass is 10.2. The van der Waals surface area contributed by atoms with E-state index < -0.39 is 11.9 Å². The maximum absolute atomic E-state index is 12.2. The van der Waals surface area contributed by atoms with Crippen molar-refractivity contribution in [3.63, 3.8) is 0 Å². The summed E-state index contributed by atoms with van der Waals surface area (Å²) in [5, 5.41) is 2.76. The molecule has 1 aliphatic rings. The molecule has 2 aromatic rings. The number of ether oxygens (including phenoxy) is 3. The Bertz CT molecular complexity index is 1010. The summed E-state index contributed by atoms with van der Waals surface area (Å²) in [5.41, 5.74) is 2.56. The van der Waals surface area contributed by atoms with Crippen LogP contribution in [0.1, 0.15) is 32.8 Å². The third kappa shape index (κ3) is 8.30. The first kappa shape index (κ1) is 27.1. The van der Waals surface area contributed by atoms with Crippen molar-refractivity contribution < 1.29 is 23.8 Å². The van der Waals surface area contributed by atoms with E-state index in [2.05, 4.69) is 22.0 Å². The monoisotopic (exact) mass is 495 g/mol. The summed E-state index contributed by atoms with van der Waals surface area (Å²) in [6.45, 7) is 12.0. The highest BCUT2D eigenvalue weighted by Crippen LogP contribution is 2.29. The summed E-state index contributed by atoms with van der Waals surface area (Å²) in [5.74, 6) is 0.297. The number of hydrogen-bond donors (Lipinski definition) is 1. The van der Waals surface area contributed by atoms with Crippen molar-refractivity contribution in [1.82, 2.24) is 4.90 Å². The molecule has 8 heteroatoms. The Balaban J connectivity index is 1.45. The van der Waals surface area contributed by atoms with E-state index >= 15 is 0 Å². The molecule has 0 aromatic heterocycles. The van der Waals surface area contributed by atoms with E-state index in [0.29, 0.717) is 30.4 Å². The van der Waals surface area contributed by atoms with Gasteiger partial charge in [0.2, 0.25) is 0 Å². The fourth-order valence-electron chi connectivity index (χ4n) is 3.85. The average Bonchev–Trinajstić information content (AvgIpc) is 2.91. The molecule has 8 nitrogen and oxygen atoms in total. The van der Waals surface area contributed by atoms with Crippen LogP contribution in [0, 0.1) is 0 Å². The smallest absolute Gasteiger partial charge is 0.331 e. The topological polar surface area (TPSA) is 80.3 Å². The highest BCUT2D eigenvalue weighted by molar-refractivity contribution is 5.94. The summed E-state index contributed by atoms with van der Waals surface area (Å²) in [4.78, 5) is 29.1. The Morgan fingerprint density at radius 1 is 0.944 bits per heavy atom. The number of likely N-dealkylation sites (N-methyl/N-ethyl adjacent to an activating group) is 1. The second-order valence-electron chi connectivity index (χ2n) is 8.45. The zero-order valence-electron chi connectivity index (χ0n) is 21.5. The molecule has 1 N–H and O–H groups in total. The molecule has 2 aromatic carbocycles. The summed E-state index contributed by atoms with van der Waals surface area (Å²) < 4.78 is 16.4. The molecule has 0 aliphatic carbocycles. The van der Waals surface area contributed by atoms with Crippen LogP contribution in [0.25, 0.3) is 6.08 Å². The standard InChI is InChI=1S/C28H37N3O5/c1-4-19-35-25-13-7-22(20-26(25)34-6-3)8-14-28(33)36-21-27(32)29-23-9-11-24(12-10-23)31-17-15-30(5-2)16-18-31/h7-14,20H,4-6,15-19,21H2,1-3H3,(H,29,32)/b14-8+. The number of rotatable bonds is 12. The SMILES string of the molecule is CCCOc1ccc(/C=C/C(=O)OCC(=O)Nc2ccc(N3CCN(CC)CC3)cc2)cc1OCC. The van der Waals surface area contributed by atoms with E-state index in [1.54, 1.807) is 12.1 Å². The van der Waals surface area contributed by atoms with E-state index in [1.807, 2.05) is 50.2 Å². The summed E-state index contributed by atoms with van der Waals surface area (Å²) in [6.07, 6.45) is 3.80. The van der Waals surface area contributed by atoms with E-state index in [0.717, 1.165) is 50.4 Å². The van der Waals surface area contributed by atoms with Gasteiger partial charge in [-0.25, -0.2) is 4.79 Å². The average molecular weight is 496 g/mol. The normalized spacial score (nSPS) is 14.0. The number of esters is 1. The molecule has 0 bridgehead atoms. The van der Waals surface area contributed by atoms with Gasteiger partial charge in [0.25, 0.3) is 5.91 Å². The summed E-state index contributed by atoms with van der Waals surface area (Å²) in [6, 6.07) is 13.2. The lowest BCUT2D eigenvalue weighted by Gasteiger charge is -2.35. The van der Waals surface area contributed by atoms with Crippen molar-refractivity contribution in [3.8, 4) is 11.5 Å². The Morgan fingerprint density at radius 2 is 1.69 bits per heavy atom. The largest absolute Gasteiger partial charge is 0.490 e. The first-order chi connectivity index (χ1) is 17.5. The van der Waals surface area contributed by atoms with Gasteiger partial charge in [0.05, 0.1) is 13.2 Å². The number of nitrogens with zero attached hydrogens (tertiary/aromatic N) is 2. The van der Waals surface area contributed by atoms with Crippen molar-refractivity contribution >= 4 is 29.3 Å². The fourth-order valence-corrected chi connectivity index (χ4v) is 3.85. The van der Waals surface area contributed by atoms with Crippen LogP contribution in [0.2, 0.25) is 0 Å². The number of nitrogens with one attached hydrogen (secondary N) is 1. The van der Waals surface area contributed by atoms with Crippen LogP contribution in [-0.2, 0) is 14.3 Å². The van der Waals surface area contributed by atoms with Gasteiger partial charge in [-0.2, -0.15) is 0 Å². The molecule has 1 saturated heterocycles. The number of piperazine rings is 1. The molecule has 1 heterocycles. The molecule has 1 aliphatic heterocycles. The number of amides is 1. The van der Waals surface area contributed by atoms with Crippen molar-refractivity contribution in [2.45, 2.75) is 27.2 Å². The van der Waals surface area contributed by atoms with Crippen LogP contribution in [0.15, 0.2) is 48.5 Å². The van der Waals surface area contributed by atoms with Gasteiger partial charge in [-0.05, 0) is 67.9 Å². The van der Waals surface area contributed by atoms with Crippen molar-refractivity contribution in [1.29, 1.82) is 0 Å². The molecule has 0 unspecified atom stereocenters. The Labute approximate surface area is 213 Å². The quantitative estimate of drug-likeness (QED) is 0.349. The minimum absolute atomic E-state index is 0.363. The maximum Gasteiger partial charge on any atom is 0.331 e. The molecule has 36 heavy (non-hydrogen) atoms. The van der Waals surface area contributed by atoms with Gasteiger partial charge in [0.15, 0.2) is 18.1 Å². The summed E-state index contributed by atoms with van der Waals surface area (Å²) >= 11 is 0. The van der Waals surface area contributed by atoms with Crippen LogP contribution >= 0.6 is 0 Å². The van der Waals surface area contributed by atoms with Gasteiger partial charge in [0.1, 0.15) is 0 Å². The number of hydrogen-bond acceptors (Lipinski definition) is 7. The molecule has 0 saturated carbocycles. The van der Waals surface area contributed by atoms with Gasteiger partial charge < -0.3 is 29.3 Å². The zero-order chi connectivity index (χ0) is 25.8. The van der Waals surface area contributed by atoms with Crippen LogP contribution in [0.5, 0.6) is 11.5 Å². The predicted molar refractivity (Wildman–Crippen MR) is 143 cm³/mol. The number of anilines is 2. The van der Waals surface area contributed by atoms with E-state index in [1.165, 1.54) is 6.08 Å². The first-order valence-electron chi connectivity index (χ1n) is 12.6. The summed E-state index contributed by atoms with van der Waals surface area (Å²) in [7, 11) is 0. The van der Waals surface area contributed by atoms with Gasteiger partial charge in [0, 0.05) is 43.6 Å². The number of carbonyl (C=O) groups excluding carboxylic acids is 2. The maximum atomic E-state index is 12.2. The first-order valence-corrected chi connectivity index (χ1v) is 12.6. The van der Waals surface area contributed by atoms with Gasteiger partial charge in [-0.3, -0.25) is 4.79 Å². The van der Waals surface area contributed by atoms with E-state index in [4.69, 9.17) is 14.2 Å². The Morgan fingerprint density at radius 3 is 2.36 bits per heavy atom. The Hall–Kier alpha value is -3.52. The third-order valence-electron chi connectivity index (χ3n) is 5.82. The van der Waals surface area contributed by atoms with Crippen molar-refractivity contribution in [3.05, 3.63) is 54.1 Å². The minimum atomic E-state index is -0.601. The molecule has 0 atom stereocenters. The van der Waals surface area contributed by atoms with Gasteiger partial charge >= 0.3 is 5.97 Å². The zero-order valence-corrected chi connectivity index (χ0v) is 21.5. The minimum Gasteiger partial charge on any atom is -0.490 e. The molecule has 1 fully saturated rings. The van der Waals surface area contributed by atoms with E-state index in [-0.39, 0.29) is 6.61 Å². The molecule has 0 radical (unpaired) electrons. The third-order valence-corrected chi connectivity index (χ3v) is 5.82. The fraction of sp³-hybridized carbons (Fsp3) is 0.429. The van der Waals surface area contributed by atoms with Crippen LogP contribution in [0.4, 0.5) is 11.4 Å². The van der Waals surface area contributed by atoms with Crippen LogP contribution < -0.4 is 19.7 Å². The molecular weight excluding hydrogens is 458 g/mol. The second kappa shape index (κ2) is 14.1. The molecule has 194 valence electrons. The van der Waals surface area contributed by atoms with Crippen LogP contribution in [0.3, 0.4) is 0 Å². The number of carbonyl (C=O) groups is 2. The molecular formula is C28H37N3O5. The van der Waals surface area contributed by atoms with E-state index in [9.17, 15) is 9.59 Å². The van der Waals surface area contributed by atoms with Gasteiger partial charge in [-0.15, -0.1) is 0 Å². The number of benzene rings is 2. The lowest BCUT2D eigenvalue weighted by Crippen LogP contribution is -2.46. The second-order valence-corrected chi connectivity index (χ2v) is 8.45. The molecule has 3 rings (SSSR count). The molecule has 0 spiro atoms. The highest BCUT2D eigenvalue weighted by atomic mass is 16.5. The van der Waals surface area contributed by atoms with Gasteiger partial charge in [-0.1, -0.05) is 19.9 Å². The van der Waals surface area contributed by atoms with Crippen LogP contribution in [-0.4, -0.2) is 69.3 Å². The Kier molecular flexibility index (Phi) is 10.6. The lowest BCUT2D eigenvalue weighted by molar-refractivity contribution is -0.142. The predicted octanol–water partition coefficient (Wildman–Crippen LogP) is 4.21. The highest BCUT2D eigenvalue weighted by Gasteiger charge is 2.16.